The number of rotatable bonds is 1. The predicted molar refractivity (Wildman–Crippen MR) is 58.4 cm³/mol. The van der Waals surface area contributed by atoms with Gasteiger partial charge in [0, 0.05) is 5.39 Å². The van der Waals surface area contributed by atoms with Crippen molar-refractivity contribution in [3.8, 4) is 0 Å². The Kier molecular flexibility index (Phi) is 2.32. The van der Waals surface area contributed by atoms with Gasteiger partial charge in [0.05, 0.1) is 5.52 Å². The highest BCUT2D eigenvalue weighted by molar-refractivity contribution is 6.33. The molecule has 15 heavy (non-hydrogen) atoms. The van der Waals surface area contributed by atoms with E-state index in [0.29, 0.717) is 11.1 Å². The third kappa shape index (κ3) is 1.55. The van der Waals surface area contributed by atoms with Crippen LogP contribution in [0.25, 0.3) is 10.9 Å². The molecule has 76 valence electrons. The summed E-state index contributed by atoms with van der Waals surface area (Å²) >= 11 is 5.81. The van der Waals surface area contributed by atoms with Crippen molar-refractivity contribution in [1.82, 2.24) is 4.98 Å². The normalized spacial score (nSPS) is 10.5. The molecule has 3 nitrogen and oxygen atoms in total. The molecule has 4 heteroatoms. The van der Waals surface area contributed by atoms with Crippen LogP contribution >= 0.6 is 11.6 Å². The number of para-hydroxylation sites is 1. The molecule has 1 aromatic carbocycles. The first-order chi connectivity index (χ1) is 7.11. The number of aromatic nitrogens is 1. The van der Waals surface area contributed by atoms with Crippen LogP contribution in [-0.4, -0.2) is 16.1 Å². The van der Waals surface area contributed by atoms with E-state index in [1.54, 1.807) is 13.0 Å². The van der Waals surface area contributed by atoms with Crippen LogP contribution in [0.15, 0.2) is 24.3 Å². The first kappa shape index (κ1) is 9.93. The zero-order valence-electron chi connectivity index (χ0n) is 7.99. The van der Waals surface area contributed by atoms with Crippen molar-refractivity contribution in [2.75, 3.05) is 0 Å². The smallest absolute Gasteiger partial charge is 0.339 e. The average Bonchev–Trinajstić information content (AvgIpc) is 2.17. The lowest BCUT2D eigenvalue weighted by molar-refractivity contribution is 0.0696. The summed E-state index contributed by atoms with van der Waals surface area (Å²) in [5, 5.41) is 9.84. The van der Waals surface area contributed by atoms with Crippen LogP contribution in [0.1, 0.15) is 15.9 Å². The number of carboxylic acid groups (broad SMARTS) is 1. The van der Waals surface area contributed by atoms with Gasteiger partial charge in [-0.05, 0) is 18.6 Å². The van der Waals surface area contributed by atoms with Crippen LogP contribution in [0.2, 0.25) is 5.15 Å². The Morgan fingerprint density at radius 2 is 2.07 bits per heavy atom. The Hall–Kier alpha value is -1.61. The molecule has 0 bridgehead atoms. The molecule has 0 aliphatic carbocycles. The number of benzene rings is 1. The average molecular weight is 222 g/mol. The Balaban J connectivity index is 2.90. The van der Waals surface area contributed by atoms with E-state index in [4.69, 9.17) is 16.7 Å². The van der Waals surface area contributed by atoms with E-state index in [0.717, 1.165) is 5.39 Å². The molecular weight excluding hydrogens is 214 g/mol. The van der Waals surface area contributed by atoms with Gasteiger partial charge in [-0.2, -0.15) is 0 Å². The molecule has 0 unspecified atom stereocenters. The van der Waals surface area contributed by atoms with Crippen molar-refractivity contribution in [3.05, 3.63) is 40.5 Å². The van der Waals surface area contributed by atoms with E-state index >= 15 is 0 Å². The minimum Gasteiger partial charge on any atom is -0.478 e. The summed E-state index contributed by atoms with van der Waals surface area (Å²) in [6, 6.07) is 7.32. The number of aromatic carboxylic acids is 1. The van der Waals surface area contributed by atoms with Crippen molar-refractivity contribution in [1.29, 1.82) is 0 Å². The second-order valence-electron chi connectivity index (χ2n) is 3.22. The van der Waals surface area contributed by atoms with Gasteiger partial charge in [-0.15, -0.1) is 0 Å². The number of carboxylic acids is 1. The quantitative estimate of drug-likeness (QED) is 0.754. The Labute approximate surface area is 91.3 Å². The Bertz CT molecular complexity index is 552. The standard InChI is InChI=1S/C11H8ClNO2/c1-6-7-4-2-3-5-8(7)13-10(12)9(6)11(14)15/h2-5H,1H3,(H,14,15). The molecule has 0 saturated heterocycles. The third-order valence-electron chi connectivity index (χ3n) is 2.32. The molecule has 0 amide bonds. The SMILES string of the molecule is Cc1c(C(=O)O)c(Cl)nc2ccccc12. The number of aryl methyl sites for hydroxylation is 1. The van der Waals surface area contributed by atoms with E-state index < -0.39 is 5.97 Å². The van der Waals surface area contributed by atoms with E-state index in [9.17, 15) is 4.79 Å². The van der Waals surface area contributed by atoms with Crippen LogP contribution in [-0.2, 0) is 0 Å². The molecule has 2 rings (SSSR count). The van der Waals surface area contributed by atoms with Crippen LogP contribution in [0.3, 0.4) is 0 Å². The molecule has 0 aliphatic rings. The fourth-order valence-electron chi connectivity index (χ4n) is 1.59. The van der Waals surface area contributed by atoms with Gasteiger partial charge in [-0.3, -0.25) is 0 Å². The van der Waals surface area contributed by atoms with Crippen molar-refractivity contribution in [3.63, 3.8) is 0 Å². The van der Waals surface area contributed by atoms with Crippen molar-refractivity contribution in [2.45, 2.75) is 6.92 Å². The topological polar surface area (TPSA) is 50.2 Å². The van der Waals surface area contributed by atoms with Crippen LogP contribution in [0, 0.1) is 6.92 Å². The largest absolute Gasteiger partial charge is 0.478 e. The lowest BCUT2D eigenvalue weighted by atomic mass is 10.1. The van der Waals surface area contributed by atoms with E-state index in [1.165, 1.54) is 0 Å². The van der Waals surface area contributed by atoms with E-state index in [2.05, 4.69) is 4.98 Å². The molecule has 0 spiro atoms. The minimum atomic E-state index is -1.05. The van der Waals surface area contributed by atoms with Gasteiger partial charge >= 0.3 is 5.97 Å². The van der Waals surface area contributed by atoms with Crippen molar-refractivity contribution >= 4 is 28.5 Å². The van der Waals surface area contributed by atoms with Gasteiger partial charge in [0.15, 0.2) is 0 Å². The Morgan fingerprint density at radius 1 is 1.40 bits per heavy atom. The summed E-state index contributed by atoms with van der Waals surface area (Å²) in [4.78, 5) is 15.0. The highest BCUT2D eigenvalue weighted by Gasteiger charge is 2.15. The third-order valence-corrected chi connectivity index (χ3v) is 2.60. The zero-order valence-corrected chi connectivity index (χ0v) is 8.75. The monoisotopic (exact) mass is 221 g/mol. The van der Waals surface area contributed by atoms with Gasteiger partial charge in [0.1, 0.15) is 10.7 Å². The lowest BCUT2D eigenvalue weighted by Gasteiger charge is -2.06. The summed E-state index contributed by atoms with van der Waals surface area (Å²) in [6.45, 7) is 1.74. The fourth-order valence-corrected chi connectivity index (χ4v) is 1.90. The van der Waals surface area contributed by atoms with Gasteiger partial charge in [0.2, 0.25) is 0 Å². The molecule has 0 atom stereocenters. The molecule has 1 heterocycles. The van der Waals surface area contributed by atoms with Crippen LogP contribution in [0.4, 0.5) is 0 Å². The molecule has 0 fully saturated rings. The summed E-state index contributed by atoms with van der Waals surface area (Å²) in [5.41, 5.74) is 1.44. The molecule has 0 radical (unpaired) electrons. The van der Waals surface area contributed by atoms with Crippen molar-refractivity contribution < 1.29 is 9.90 Å². The van der Waals surface area contributed by atoms with E-state index in [-0.39, 0.29) is 10.7 Å². The molecular formula is C11H8ClNO2. The number of fused-ring (bicyclic) bond motifs is 1. The number of hydrogen-bond donors (Lipinski definition) is 1. The predicted octanol–water partition coefficient (Wildman–Crippen LogP) is 2.89. The maximum Gasteiger partial charge on any atom is 0.339 e. The number of carbonyl (C=O) groups is 1. The lowest BCUT2D eigenvalue weighted by Crippen LogP contribution is -2.03. The molecule has 0 aliphatic heterocycles. The van der Waals surface area contributed by atoms with Gasteiger partial charge in [-0.25, -0.2) is 9.78 Å². The highest BCUT2D eigenvalue weighted by atomic mass is 35.5. The summed E-state index contributed by atoms with van der Waals surface area (Å²) in [5.74, 6) is -1.05. The first-order valence-corrected chi connectivity index (χ1v) is 4.77. The second-order valence-corrected chi connectivity index (χ2v) is 3.58. The fraction of sp³-hybridized carbons (Fsp3) is 0.0909. The summed E-state index contributed by atoms with van der Waals surface area (Å²) in [6.07, 6.45) is 0. The van der Waals surface area contributed by atoms with Gasteiger partial charge < -0.3 is 5.11 Å². The minimum absolute atomic E-state index is 0.0405. The number of pyridine rings is 1. The number of halogens is 1. The van der Waals surface area contributed by atoms with E-state index in [1.807, 2.05) is 18.2 Å². The van der Waals surface area contributed by atoms with Crippen molar-refractivity contribution in [2.24, 2.45) is 0 Å². The highest BCUT2D eigenvalue weighted by Crippen LogP contribution is 2.25. The van der Waals surface area contributed by atoms with Gasteiger partial charge in [0.25, 0.3) is 0 Å². The van der Waals surface area contributed by atoms with Crippen LogP contribution in [0.5, 0.6) is 0 Å². The zero-order chi connectivity index (χ0) is 11.0. The summed E-state index contributed by atoms with van der Waals surface area (Å²) < 4.78 is 0. The molecule has 0 saturated carbocycles. The molecule has 1 N–H and O–H groups in total. The van der Waals surface area contributed by atoms with Crippen LogP contribution < -0.4 is 0 Å². The maximum absolute atomic E-state index is 11.0. The first-order valence-electron chi connectivity index (χ1n) is 4.39. The Morgan fingerprint density at radius 3 is 2.73 bits per heavy atom. The molecule has 1 aromatic heterocycles. The maximum atomic E-state index is 11.0. The van der Waals surface area contributed by atoms with Gasteiger partial charge in [-0.1, -0.05) is 29.8 Å². The molecule has 2 aromatic rings. The second kappa shape index (κ2) is 3.51. The number of hydrogen-bond acceptors (Lipinski definition) is 2. The summed E-state index contributed by atoms with van der Waals surface area (Å²) in [7, 11) is 0. The number of nitrogens with zero attached hydrogens (tertiary/aromatic N) is 1.